The molecule has 3 rings (SSSR count). The second-order valence-electron chi connectivity index (χ2n) is 6.97. The van der Waals surface area contributed by atoms with Gasteiger partial charge in [-0.3, -0.25) is 9.89 Å². The molecule has 1 aromatic heterocycles. The summed E-state index contributed by atoms with van der Waals surface area (Å²) < 4.78 is 0. The lowest BCUT2D eigenvalue weighted by Gasteiger charge is -2.25. The normalized spacial score (nSPS) is 18.0. The molecule has 146 valence electrons. The predicted molar refractivity (Wildman–Crippen MR) is 114 cm³/mol. The van der Waals surface area contributed by atoms with Gasteiger partial charge in [-0.05, 0) is 31.4 Å². The van der Waals surface area contributed by atoms with E-state index in [-0.39, 0.29) is 0 Å². The molecule has 0 saturated carbocycles. The molecule has 2 N–H and O–H groups in total. The second kappa shape index (κ2) is 10.4. The molecule has 1 fully saturated rings. The van der Waals surface area contributed by atoms with Gasteiger partial charge in [0.1, 0.15) is 0 Å². The summed E-state index contributed by atoms with van der Waals surface area (Å²) in [5, 5.41) is 10.3. The summed E-state index contributed by atoms with van der Waals surface area (Å²) in [5.41, 5.74) is 2.56. The molecule has 1 aliphatic heterocycles. The number of aliphatic imine (C=N–C) groups is 1. The van der Waals surface area contributed by atoms with E-state index in [1.54, 1.807) is 11.3 Å². The van der Waals surface area contributed by atoms with E-state index in [0.29, 0.717) is 6.04 Å². The Labute approximate surface area is 166 Å². The van der Waals surface area contributed by atoms with Gasteiger partial charge in [-0.25, -0.2) is 4.98 Å². The van der Waals surface area contributed by atoms with E-state index in [0.717, 1.165) is 38.4 Å². The van der Waals surface area contributed by atoms with Crippen molar-refractivity contribution in [3.8, 4) is 0 Å². The Morgan fingerprint density at radius 2 is 2.15 bits per heavy atom. The van der Waals surface area contributed by atoms with Gasteiger partial charge in [0.25, 0.3) is 0 Å². The summed E-state index contributed by atoms with van der Waals surface area (Å²) in [6.45, 7) is 6.14. The molecule has 0 spiro atoms. The van der Waals surface area contributed by atoms with Gasteiger partial charge < -0.3 is 10.6 Å². The molecule has 1 atom stereocenters. The number of hydrogen-bond donors (Lipinski definition) is 2. The van der Waals surface area contributed by atoms with Crippen LogP contribution in [0.3, 0.4) is 0 Å². The first-order valence-corrected chi connectivity index (χ1v) is 10.8. The van der Waals surface area contributed by atoms with Crippen molar-refractivity contribution >= 4 is 17.3 Å². The lowest BCUT2D eigenvalue weighted by molar-refractivity contribution is 0.245. The maximum Gasteiger partial charge on any atom is 0.191 e. The number of nitrogens with zero attached hydrogens (tertiary/aromatic N) is 3. The summed E-state index contributed by atoms with van der Waals surface area (Å²) in [6.07, 6.45) is 4.47. The number of aromatic nitrogens is 1. The van der Waals surface area contributed by atoms with E-state index < -0.39 is 0 Å². The lowest BCUT2D eigenvalue weighted by Crippen LogP contribution is -2.45. The van der Waals surface area contributed by atoms with Crippen molar-refractivity contribution in [3.63, 3.8) is 0 Å². The molecule has 2 heterocycles. The van der Waals surface area contributed by atoms with E-state index in [1.807, 2.05) is 7.05 Å². The van der Waals surface area contributed by atoms with E-state index in [9.17, 15) is 0 Å². The average molecular weight is 386 g/mol. The van der Waals surface area contributed by atoms with Gasteiger partial charge in [-0.2, -0.15) is 0 Å². The van der Waals surface area contributed by atoms with Crippen molar-refractivity contribution in [2.24, 2.45) is 4.99 Å². The standard InChI is InChI=1S/C21H31N5S/c1-3-20-25-18(16-27-20)11-12-23-21(22-2)24-14-19-10-7-13-26(19)15-17-8-5-4-6-9-17/h4-6,8-9,16,19H,3,7,10-15H2,1-2H3,(H2,22,23,24). The van der Waals surface area contributed by atoms with Crippen LogP contribution in [0.4, 0.5) is 0 Å². The zero-order valence-corrected chi connectivity index (χ0v) is 17.3. The average Bonchev–Trinajstić information content (AvgIpc) is 3.34. The van der Waals surface area contributed by atoms with Gasteiger partial charge in [0.2, 0.25) is 0 Å². The Bertz CT molecular complexity index is 712. The number of aryl methyl sites for hydroxylation is 1. The summed E-state index contributed by atoms with van der Waals surface area (Å²) >= 11 is 1.75. The maximum absolute atomic E-state index is 4.62. The fraction of sp³-hybridized carbons (Fsp3) is 0.524. The number of nitrogens with one attached hydrogen (secondary N) is 2. The van der Waals surface area contributed by atoms with E-state index in [1.165, 1.54) is 35.7 Å². The van der Waals surface area contributed by atoms with Crippen LogP contribution in [0.5, 0.6) is 0 Å². The second-order valence-corrected chi connectivity index (χ2v) is 7.91. The number of benzene rings is 1. The van der Waals surface area contributed by atoms with E-state index in [4.69, 9.17) is 0 Å². The summed E-state index contributed by atoms with van der Waals surface area (Å²) in [6, 6.07) is 11.3. The minimum Gasteiger partial charge on any atom is -0.356 e. The molecule has 1 saturated heterocycles. The molecule has 5 nitrogen and oxygen atoms in total. The van der Waals surface area contributed by atoms with Crippen LogP contribution >= 0.6 is 11.3 Å². The topological polar surface area (TPSA) is 52.6 Å². The molecule has 1 aliphatic rings. The van der Waals surface area contributed by atoms with Gasteiger partial charge in [0, 0.05) is 44.5 Å². The van der Waals surface area contributed by atoms with Crippen LogP contribution in [-0.4, -0.2) is 48.6 Å². The first-order chi connectivity index (χ1) is 13.3. The van der Waals surface area contributed by atoms with Gasteiger partial charge in [0.05, 0.1) is 10.7 Å². The van der Waals surface area contributed by atoms with Crippen molar-refractivity contribution < 1.29 is 0 Å². The molecule has 0 aliphatic carbocycles. The molecule has 1 aromatic carbocycles. The first-order valence-electron chi connectivity index (χ1n) is 9.94. The van der Waals surface area contributed by atoms with Crippen molar-refractivity contribution in [2.45, 2.75) is 45.2 Å². The molecule has 0 radical (unpaired) electrons. The minimum atomic E-state index is 0.564. The molecular weight excluding hydrogens is 354 g/mol. The van der Waals surface area contributed by atoms with Crippen LogP contribution in [0.15, 0.2) is 40.7 Å². The van der Waals surface area contributed by atoms with Gasteiger partial charge in [0.15, 0.2) is 5.96 Å². The van der Waals surface area contributed by atoms with Crippen molar-refractivity contribution in [1.29, 1.82) is 0 Å². The molecule has 6 heteroatoms. The highest BCUT2D eigenvalue weighted by Crippen LogP contribution is 2.19. The Morgan fingerprint density at radius 3 is 2.89 bits per heavy atom. The minimum absolute atomic E-state index is 0.564. The molecule has 1 unspecified atom stereocenters. The van der Waals surface area contributed by atoms with Gasteiger partial charge in [-0.15, -0.1) is 11.3 Å². The molecule has 0 amide bonds. The third-order valence-corrected chi connectivity index (χ3v) is 6.07. The highest BCUT2D eigenvalue weighted by Gasteiger charge is 2.24. The van der Waals surface area contributed by atoms with Crippen LogP contribution in [-0.2, 0) is 19.4 Å². The van der Waals surface area contributed by atoms with Crippen LogP contribution in [0.2, 0.25) is 0 Å². The van der Waals surface area contributed by atoms with Crippen molar-refractivity contribution in [1.82, 2.24) is 20.5 Å². The Balaban J connectivity index is 1.41. The Hall–Kier alpha value is -1.92. The fourth-order valence-corrected chi connectivity index (χ4v) is 4.30. The lowest BCUT2D eigenvalue weighted by atomic mass is 10.2. The van der Waals surface area contributed by atoms with Crippen molar-refractivity contribution in [2.75, 3.05) is 26.7 Å². The molecule has 0 bridgehead atoms. The van der Waals surface area contributed by atoms with Crippen LogP contribution in [0, 0.1) is 0 Å². The molecule has 2 aromatic rings. The zero-order chi connectivity index (χ0) is 18.9. The summed E-state index contributed by atoms with van der Waals surface area (Å²) in [5.74, 6) is 0.882. The van der Waals surface area contributed by atoms with Gasteiger partial charge in [-0.1, -0.05) is 37.3 Å². The monoisotopic (exact) mass is 385 g/mol. The quantitative estimate of drug-likeness (QED) is 0.542. The van der Waals surface area contributed by atoms with Crippen LogP contribution in [0.25, 0.3) is 0 Å². The molecule has 27 heavy (non-hydrogen) atoms. The maximum atomic E-state index is 4.62. The Kier molecular flexibility index (Phi) is 7.66. The smallest absolute Gasteiger partial charge is 0.191 e. The van der Waals surface area contributed by atoms with E-state index >= 15 is 0 Å². The Morgan fingerprint density at radius 1 is 1.30 bits per heavy atom. The largest absolute Gasteiger partial charge is 0.356 e. The molecular formula is C21H31N5S. The number of hydrogen-bond acceptors (Lipinski definition) is 4. The number of rotatable bonds is 8. The van der Waals surface area contributed by atoms with Crippen LogP contribution < -0.4 is 10.6 Å². The highest BCUT2D eigenvalue weighted by atomic mass is 32.1. The van der Waals surface area contributed by atoms with Crippen molar-refractivity contribution in [3.05, 3.63) is 52.0 Å². The predicted octanol–water partition coefficient (Wildman–Crippen LogP) is 3.08. The summed E-state index contributed by atoms with van der Waals surface area (Å²) in [7, 11) is 1.84. The number of likely N-dealkylation sites (tertiary alicyclic amines) is 1. The summed E-state index contributed by atoms with van der Waals surface area (Å²) in [4.78, 5) is 11.6. The van der Waals surface area contributed by atoms with Crippen LogP contribution in [0.1, 0.15) is 36.0 Å². The zero-order valence-electron chi connectivity index (χ0n) is 16.4. The first kappa shape index (κ1) is 19.8. The fourth-order valence-electron chi connectivity index (χ4n) is 3.52. The highest BCUT2D eigenvalue weighted by molar-refractivity contribution is 7.09. The number of thiazole rings is 1. The third kappa shape index (κ3) is 6.04. The third-order valence-electron chi connectivity index (χ3n) is 5.03. The van der Waals surface area contributed by atoms with Gasteiger partial charge >= 0.3 is 0 Å². The van der Waals surface area contributed by atoms with E-state index in [2.05, 4.69) is 68.1 Å². The number of guanidine groups is 1. The SMILES string of the molecule is CCc1nc(CCNC(=NC)NCC2CCCN2Cc2ccccc2)cs1.